The SMILES string of the molecule is Cn1ncnc1CC(CBr)(CBr)c1cccc(Br)c1. The molecule has 19 heavy (non-hydrogen) atoms. The number of halogens is 3. The van der Waals surface area contributed by atoms with Gasteiger partial charge in [-0.1, -0.05) is 59.9 Å². The van der Waals surface area contributed by atoms with Gasteiger partial charge in [0.25, 0.3) is 0 Å². The van der Waals surface area contributed by atoms with Gasteiger partial charge in [-0.05, 0) is 17.7 Å². The van der Waals surface area contributed by atoms with E-state index in [1.54, 1.807) is 6.33 Å². The quantitative estimate of drug-likeness (QED) is 0.646. The Kier molecular flexibility index (Phi) is 5.20. The van der Waals surface area contributed by atoms with Gasteiger partial charge in [0.15, 0.2) is 0 Å². The molecule has 0 fully saturated rings. The second-order valence-corrected chi connectivity index (χ2v) is 6.57. The average Bonchev–Trinajstić information content (AvgIpc) is 2.81. The highest BCUT2D eigenvalue weighted by Crippen LogP contribution is 2.33. The highest BCUT2D eigenvalue weighted by atomic mass is 79.9. The number of nitrogens with zero attached hydrogens (tertiary/aromatic N) is 3. The summed E-state index contributed by atoms with van der Waals surface area (Å²) in [6.07, 6.45) is 2.43. The zero-order chi connectivity index (χ0) is 13.9. The van der Waals surface area contributed by atoms with Crippen LogP contribution in [-0.2, 0) is 18.9 Å². The molecule has 1 aromatic heterocycles. The Balaban J connectivity index is 2.40. The lowest BCUT2D eigenvalue weighted by atomic mass is 9.81. The highest BCUT2D eigenvalue weighted by molar-refractivity contribution is 9.10. The van der Waals surface area contributed by atoms with E-state index in [0.29, 0.717) is 0 Å². The van der Waals surface area contributed by atoms with Crippen LogP contribution in [0.25, 0.3) is 0 Å². The minimum atomic E-state index is -0.0371. The maximum absolute atomic E-state index is 4.34. The van der Waals surface area contributed by atoms with Crippen LogP contribution in [0.15, 0.2) is 35.1 Å². The average molecular weight is 452 g/mol. The minimum absolute atomic E-state index is 0.0371. The van der Waals surface area contributed by atoms with Gasteiger partial charge in [-0.15, -0.1) is 0 Å². The van der Waals surface area contributed by atoms with Gasteiger partial charge >= 0.3 is 0 Å². The van der Waals surface area contributed by atoms with Crippen molar-refractivity contribution < 1.29 is 0 Å². The minimum Gasteiger partial charge on any atom is -0.253 e. The third-order valence-corrected chi connectivity index (χ3v) is 5.89. The topological polar surface area (TPSA) is 30.7 Å². The fourth-order valence-corrected chi connectivity index (χ4v) is 4.36. The summed E-state index contributed by atoms with van der Waals surface area (Å²) in [7, 11) is 1.93. The molecule has 1 aromatic carbocycles. The first-order valence-electron chi connectivity index (χ1n) is 5.82. The maximum Gasteiger partial charge on any atom is 0.138 e. The molecule has 0 saturated carbocycles. The van der Waals surface area contributed by atoms with Crippen molar-refractivity contribution in [3.63, 3.8) is 0 Å². The van der Waals surface area contributed by atoms with Crippen molar-refractivity contribution >= 4 is 47.8 Å². The molecule has 0 bridgehead atoms. The summed E-state index contributed by atoms with van der Waals surface area (Å²) in [6, 6.07) is 8.43. The van der Waals surface area contributed by atoms with Crippen molar-refractivity contribution in [1.82, 2.24) is 14.8 Å². The fraction of sp³-hybridized carbons (Fsp3) is 0.385. The first kappa shape index (κ1) is 15.2. The number of alkyl halides is 2. The summed E-state index contributed by atoms with van der Waals surface area (Å²) < 4.78 is 2.92. The third kappa shape index (κ3) is 3.28. The largest absolute Gasteiger partial charge is 0.253 e. The second-order valence-electron chi connectivity index (χ2n) is 4.53. The molecule has 0 N–H and O–H groups in total. The Hall–Kier alpha value is -0.200. The molecule has 0 saturated heterocycles. The number of hydrogen-bond acceptors (Lipinski definition) is 2. The van der Waals surface area contributed by atoms with Crippen molar-refractivity contribution in [3.05, 3.63) is 46.5 Å². The molecule has 2 aromatic rings. The number of aryl methyl sites for hydroxylation is 1. The number of benzene rings is 1. The molecule has 3 nitrogen and oxygen atoms in total. The normalized spacial score (nSPS) is 11.8. The summed E-state index contributed by atoms with van der Waals surface area (Å²) in [4.78, 5) is 4.34. The van der Waals surface area contributed by atoms with Crippen LogP contribution in [0.3, 0.4) is 0 Å². The number of hydrogen-bond donors (Lipinski definition) is 0. The predicted molar refractivity (Wildman–Crippen MR) is 88.1 cm³/mol. The van der Waals surface area contributed by atoms with Crippen LogP contribution in [0, 0.1) is 0 Å². The van der Waals surface area contributed by atoms with Crippen LogP contribution < -0.4 is 0 Å². The van der Waals surface area contributed by atoms with Crippen molar-refractivity contribution in [2.75, 3.05) is 10.7 Å². The van der Waals surface area contributed by atoms with Crippen LogP contribution in [0.2, 0.25) is 0 Å². The molecule has 0 aliphatic carbocycles. The van der Waals surface area contributed by atoms with Gasteiger partial charge in [-0.25, -0.2) is 4.98 Å². The summed E-state index contributed by atoms with van der Waals surface area (Å²) in [5.41, 5.74) is 1.24. The van der Waals surface area contributed by atoms with Crippen molar-refractivity contribution in [2.45, 2.75) is 11.8 Å². The molecule has 2 rings (SSSR count). The Labute approximate surface area is 138 Å². The van der Waals surface area contributed by atoms with Crippen LogP contribution in [0.1, 0.15) is 11.4 Å². The molecule has 0 aliphatic heterocycles. The van der Waals surface area contributed by atoms with E-state index in [4.69, 9.17) is 0 Å². The van der Waals surface area contributed by atoms with Crippen LogP contribution >= 0.6 is 47.8 Å². The first-order valence-corrected chi connectivity index (χ1v) is 8.86. The Bertz CT molecular complexity index is 550. The van der Waals surface area contributed by atoms with Crippen molar-refractivity contribution in [2.24, 2.45) is 7.05 Å². The molecule has 6 heteroatoms. The lowest BCUT2D eigenvalue weighted by molar-refractivity contribution is 0.514. The van der Waals surface area contributed by atoms with E-state index in [2.05, 4.69) is 76.1 Å². The van der Waals surface area contributed by atoms with Crippen LogP contribution in [-0.4, -0.2) is 25.4 Å². The molecule has 102 valence electrons. The van der Waals surface area contributed by atoms with Crippen molar-refractivity contribution in [3.8, 4) is 0 Å². The molecule has 0 atom stereocenters. The molecule has 0 aliphatic rings. The van der Waals surface area contributed by atoms with Crippen LogP contribution in [0.4, 0.5) is 0 Å². The summed E-state index contributed by atoms with van der Waals surface area (Å²) in [6.45, 7) is 0. The standard InChI is InChI=1S/C13H14Br3N3/c1-19-12(17-9-18-19)6-13(7-14,8-15)10-3-2-4-11(16)5-10/h2-5,9H,6-8H2,1H3. The molecule has 0 unspecified atom stereocenters. The van der Waals surface area contributed by atoms with E-state index in [9.17, 15) is 0 Å². The van der Waals surface area contributed by atoms with Gasteiger partial charge < -0.3 is 0 Å². The van der Waals surface area contributed by atoms with Gasteiger partial charge in [0.05, 0.1) is 0 Å². The Morgan fingerprint density at radius 1 is 1.26 bits per heavy atom. The third-order valence-electron chi connectivity index (χ3n) is 3.25. The van der Waals surface area contributed by atoms with Gasteiger partial charge in [-0.3, -0.25) is 4.68 Å². The highest BCUT2D eigenvalue weighted by Gasteiger charge is 2.32. The van der Waals surface area contributed by atoms with Gasteiger partial charge in [0, 0.05) is 34.0 Å². The number of rotatable bonds is 5. The van der Waals surface area contributed by atoms with E-state index in [1.165, 1.54) is 5.56 Å². The zero-order valence-electron chi connectivity index (χ0n) is 10.5. The van der Waals surface area contributed by atoms with E-state index in [-0.39, 0.29) is 5.41 Å². The number of aromatic nitrogens is 3. The second kappa shape index (κ2) is 6.50. The molecule has 0 radical (unpaired) electrons. The summed E-state index contributed by atoms with van der Waals surface area (Å²) in [5, 5.41) is 5.86. The van der Waals surface area contributed by atoms with Gasteiger partial charge in [0.2, 0.25) is 0 Å². The van der Waals surface area contributed by atoms with Gasteiger partial charge in [0.1, 0.15) is 12.2 Å². The lowest BCUT2D eigenvalue weighted by Gasteiger charge is -2.30. The summed E-state index contributed by atoms with van der Waals surface area (Å²) >= 11 is 10.9. The molecular formula is C13H14Br3N3. The Morgan fingerprint density at radius 2 is 2.00 bits per heavy atom. The first-order chi connectivity index (χ1) is 9.11. The summed E-state index contributed by atoms with van der Waals surface area (Å²) in [5.74, 6) is 0.985. The van der Waals surface area contributed by atoms with Crippen molar-refractivity contribution in [1.29, 1.82) is 0 Å². The smallest absolute Gasteiger partial charge is 0.138 e. The maximum atomic E-state index is 4.34. The molecule has 0 spiro atoms. The zero-order valence-corrected chi connectivity index (χ0v) is 15.2. The fourth-order valence-electron chi connectivity index (χ4n) is 1.99. The lowest BCUT2D eigenvalue weighted by Crippen LogP contribution is -2.34. The van der Waals surface area contributed by atoms with Crippen LogP contribution in [0.5, 0.6) is 0 Å². The van der Waals surface area contributed by atoms with E-state index < -0.39 is 0 Å². The van der Waals surface area contributed by atoms with Gasteiger partial charge in [-0.2, -0.15) is 5.10 Å². The monoisotopic (exact) mass is 449 g/mol. The van der Waals surface area contributed by atoms with E-state index in [1.807, 2.05) is 17.8 Å². The predicted octanol–water partition coefficient (Wildman–Crippen LogP) is 3.85. The molecule has 0 amide bonds. The Morgan fingerprint density at radius 3 is 2.53 bits per heavy atom. The molecular weight excluding hydrogens is 438 g/mol. The van der Waals surface area contributed by atoms with E-state index >= 15 is 0 Å². The van der Waals surface area contributed by atoms with E-state index in [0.717, 1.165) is 27.4 Å². The molecule has 1 heterocycles.